The lowest BCUT2D eigenvalue weighted by Crippen LogP contribution is -2.23. The van der Waals surface area contributed by atoms with E-state index in [1.54, 1.807) is 13.1 Å². The zero-order valence-corrected chi connectivity index (χ0v) is 11.3. The van der Waals surface area contributed by atoms with Crippen LogP contribution in [0, 0.1) is 6.92 Å². The summed E-state index contributed by atoms with van der Waals surface area (Å²) in [7, 11) is 0. The van der Waals surface area contributed by atoms with Crippen LogP contribution in [0.4, 0.5) is 5.82 Å². The molecule has 2 N–H and O–H groups in total. The van der Waals surface area contributed by atoms with Crippen LogP contribution in [0.25, 0.3) is 0 Å². The van der Waals surface area contributed by atoms with Crippen molar-refractivity contribution in [2.24, 2.45) is 0 Å². The Labute approximate surface area is 115 Å². The summed E-state index contributed by atoms with van der Waals surface area (Å²) in [6, 6.07) is 1.88. The smallest absolute Gasteiger partial charge is 0.262 e. The van der Waals surface area contributed by atoms with Crippen molar-refractivity contribution < 1.29 is 4.79 Å². The summed E-state index contributed by atoms with van der Waals surface area (Å²) in [6.45, 7) is 2.56. The maximum atomic E-state index is 12.1. The summed E-state index contributed by atoms with van der Waals surface area (Å²) >= 11 is 0. The normalized spacial score (nSPS) is 13.8. The van der Waals surface area contributed by atoms with Crippen molar-refractivity contribution >= 4 is 11.7 Å². The van der Waals surface area contributed by atoms with Crippen LogP contribution in [0.15, 0.2) is 23.3 Å². The molecule has 6 nitrogen and oxygen atoms in total. The second-order valence-electron chi connectivity index (χ2n) is 5.04. The fourth-order valence-corrected chi connectivity index (χ4v) is 2.42. The Morgan fingerprint density at radius 1 is 1.40 bits per heavy atom. The molecule has 0 radical (unpaired) electrons. The third-order valence-electron chi connectivity index (χ3n) is 3.53. The number of hydrogen-bond donors (Lipinski definition) is 2. The summed E-state index contributed by atoms with van der Waals surface area (Å²) in [5.74, 6) is 0.0817. The van der Waals surface area contributed by atoms with Crippen LogP contribution in [0.3, 0.4) is 0 Å². The molecule has 0 bridgehead atoms. The third kappa shape index (κ3) is 2.24. The number of fused-ring (bicyclic) bond motifs is 1. The molecule has 0 atom stereocenters. The SMILES string of the molecule is Cc1c[nH]cc(C(=O)Nc2cc3n(n2)CCCC3)c1=O. The Balaban J connectivity index is 1.84. The zero-order chi connectivity index (χ0) is 14.1. The molecule has 0 saturated carbocycles. The minimum atomic E-state index is -0.426. The van der Waals surface area contributed by atoms with E-state index in [4.69, 9.17) is 0 Å². The summed E-state index contributed by atoms with van der Waals surface area (Å²) in [5, 5.41) is 7.03. The van der Waals surface area contributed by atoms with Crippen LogP contribution in [0.1, 0.15) is 34.5 Å². The van der Waals surface area contributed by atoms with Gasteiger partial charge in [0.05, 0.1) is 0 Å². The first-order valence-corrected chi connectivity index (χ1v) is 6.71. The highest BCUT2D eigenvalue weighted by molar-refractivity contribution is 6.03. The summed E-state index contributed by atoms with van der Waals surface area (Å²) in [6.07, 6.45) is 6.24. The van der Waals surface area contributed by atoms with E-state index in [2.05, 4.69) is 15.4 Å². The van der Waals surface area contributed by atoms with Gasteiger partial charge >= 0.3 is 0 Å². The Morgan fingerprint density at radius 2 is 2.25 bits per heavy atom. The van der Waals surface area contributed by atoms with Crippen LogP contribution in [-0.4, -0.2) is 20.7 Å². The van der Waals surface area contributed by atoms with Crippen molar-refractivity contribution in [2.75, 3.05) is 5.32 Å². The molecule has 1 amide bonds. The second-order valence-corrected chi connectivity index (χ2v) is 5.04. The molecule has 0 aliphatic carbocycles. The van der Waals surface area contributed by atoms with E-state index in [0.29, 0.717) is 11.4 Å². The highest BCUT2D eigenvalue weighted by Gasteiger charge is 2.16. The Hall–Kier alpha value is -2.37. The maximum absolute atomic E-state index is 12.1. The fourth-order valence-electron chi connectivity index (χ4n) is 2.42. The van der Waals surface area contributed by atoms with Crippen LogP contribution >= 0.6 is 0 Å². The monoisotopic (exact) mass is 272 g/mol. The van der Waals surface area contributed by atoms with Crippen molar-refractivity contribution in [3.8, 4) is 0 Å². The van der Waals surface area contributed by atoms with Gasteiger partial charge in [0.1, 0.15) is 5.56 Å². The Morgan fingerprint density at radius 3 is 3.05 bits per heavy atom. The molecule has 0 aromatic carbocycles. The second kappa shape index (κ2) is 4.96. The summed E-state index contributed by atoms with van der Waals surface area (Å²) < 4.78 is 1.92. The molecule has 6 heteroatoms. The first kappa shape index (κ1) is 12.7. The number of aryl methyl sites for hydroxylation is 3. The summed E-state index contributed by atoms with van der Waals surface area (Å²) in [4.78, 5) is 26.8. The van der Waals surface area contributed by atoms with Gasteiger partial charge in [-0.05, 0) is 26.2 Å². The molecular weight excluding hydrogens is 256 g/mol. The number of anilines is 1. The van der Waals surface area contributed by atoms with E-state index < -0.39 is 5.91 Å². The molecule has 2 aromatic rings. The van der Waals surface area contributed by atoms with Crippen molar-refractivity contribution in [1.82, 2.24) is 14.8 Å². The van der Waals surface area contributed by atoms with Gasteiger partial charge in [-0.15, -0.1) is 0 Å². The van der Waals surface area contributed by atoms with E-state index in [9.17, 15) is 9.59 Å². The van der Waals surface area contributed by atoms with Gasteiger partial charge < -0.3 is 10.3 Å². The molecule has 2 aromatic heterocycles. The highest BCUT2D eigenvalue weighted by Crippen LogP contribution is 2.18. The molecule has 3 rings (SSSR count). The molecular formula is C14H16N4O2. The number of aromatic nitrogens is 3. The van der Waals surface area contributed by atoms with Crippen LogP contribution in [0.5, 0.6) is 0 Å². The van der Waals surface area contributed by atoms with Crippen molar-refractivity contribution in [1.29, 1.82) is 0 Å². The van der Waals surface area contributed by atoms with Gasteiger partial charge in [-0.3, -0.25) is 14.3 Å². The van der Waals surface area contributed by atoms with Crippen LogP contribution in [-0.2, 0) is 13.0 Å². The number of nitrogens with one attached hydrogen (secondary N) is 2. The summed E-state index contributed by atoms with van der Waals surface area (Å²) in [5.41, 5.74) is 1.49. The lowest BCUT2D eigenvalue weighted by Gasteiger charge is -2.11. The molecule has 3 heterocycles. The van der Waals surface area contributed by atoms with Crippen LogP contribution in [0.2, 0.25) is 0 Å². The average molecular weight is 272 g/mol. The van der Waals surface area contributed by atoms with Crippen molar-refractivity contribution in [2.45, 2.75) is 32.7 Å². The standard InChI is InChI=1S/C14H16N4O2/c1-9-7-15-8-11(13(9)19)14(20)16-12-6-10-4-2-3-5-18(10)17-12/h6-8H,2-5H2,1H3,(H,15,19)(H,16,17,20). The first-order chi connectivity index (χ1) is 9.65. The maximum Gasteiger partial charge on any atom is 0.262 e. The zero-order valence-electron chi connectivity index (χ0n) is 11.3. The van der Waals surface area contributed by atoms with Gasteiger partial charge in [-0.2, -0.15) is 5.10 Å². The predicted octanol–water partition coefficient (Wildman–Crippen LogP) is 1.47. The van der Waals surface area contributed by atoms with Crippen LogP contribution < -0.4 is 10.7 Å². The lowest BCUT2D eigenvalue weighted by atomic mass is 10.1. The molecule has 0 fully saturated rings. The van der Waals surface area contributed by atoms with Gasteiger partial charge in [0.2, 0.25) is 0 Å². The fraction of sp³-hybridized carbons (Fsp3) is 0.357. The molecule has 1 aliphatic rings. The predicted molar refractivity (Wildman–Crippen MR) is 74.9 cm³/mol. The number of aromatic amines is 1. The average Bonchev–Trinajstić information content (AvgIpc) is 2.83. The number of rotatable bonds is 2. The van der Waals surface area contributed by atoms with Gasteiger partial charge in [-0.25, -0.2) is 0 Å². The third-order valence-corrected chi connectivity index (χ3v) is 3.53. The minimum Gasteiger partial charge on any atom is -0.366 e. The number of pyridine rings is 1. The van der Waals surface area contributed by atoms with Gasteiger partial charge in [0.25, 0.3) is 5.91 Å². The lowest BCUT2D eigenvalue weighted by molar-refractivity contribution is 0.102. The van der Waals surface area contributed by atoms with E-state index in [0.717, 1.165) is 31.5 Å². The van der Waals surface area contributed by atoms with E-state index in [-0.39, 0.29) is 11.0 Å². The topological polar surface area (TPSA) is 79.8 Å². The van der Waals surface area contributed by atoms with Crippen molar-refractivity contribution in [3.05, 3.63) is 45.5 Å². The molecule has 1 aliphatic heterocycles. The highest BCUT2D eigenvalue weighted by atomic mass is 16.2. The van der Waals surface area contributed by atoms with E-state index in [1.165, 1.54) is 6.20 Å². The quantitative estimate of drug-likeness (QED) is 0.868. The number of amides is 1. The van der Waals surface area contributed by atoms with E-state index in [1.807, 2.05) is 10.7 Å². The molecule has 0 unspecified atom stereocenters. The van der Waals surface area contributed by atoms with Gasteiger partial charge in [-0.1, -0.05) is 0 Å². The largest absolute Gasteiger partial charge is 0.366 e. The Kier molecular flexibility index (Phi) is 3.14. The molecule has 0 spiro atoms. The molecule has 0 saturated heterocycles. The van der Waals surface area contributed by atoms with Gasteiger partial charge in [0.15, 0.2) is 11.2 Å². The van der Waals surface area contributed by atoms with E-state index >= 15 is 0 Å². The number of carbonyl (C=O) groups is 1. The Bertz CT molecular complexity index is 691. The first-order valence-electron chi connectivity index (χ1n) is 6.71. The minimum absolute atomic E-state index is 0.107. The van der Waals surface area contributed by atoms with Crippen molar-refractivity contribution in [3.63, 3.8) is 0 Å². The number of carbonyl (C=O) groups excluding carboxylic acids is 1. The number of hydrogen-bond acceptors (Lipinski definition) is 3. The molecule has 20 heavy (non-hydrogen) atoms. The molecule has 104 valence electrons. The number of H-pyrrole nitrogens is 1. The number of nitrogens with zero attached hydrogens (tertiary/aromatic N) is 2. The van der Waals surface area contributed by atoms with Gasteiger partial charge in [0, 0.05) is 36.3 Å².